The Kier molecular flexibility index (Phi) is 4.08. The number of anilines is 1. The van der Waals surface area contributed by atoms with Crippen LogP contribution < -0.4 is 10.0 Å². The Hall–Kier alpha value is -1.60. The standard InChI is InChI=1S/C10H15N3O3S/c1-12(2)17(15,16)13(8-10(11)14)9-6-4-3-5-7-9/h3-7H,8H2,1-2H3,(H2,11,14). The molecule has 1 rings (SSSR count). The van der Waals surface area contributed by atoms with E-state index in [2.05, 4.69) is 0 Å². The number of para-hydroxylation sites is 1. The van der Waals surface area contributed by atoms with E-state index >= 15 is 0 Å². The summed E-state index contributed by atoms with van der Waals surface area (Å²) >= 11 is 0. The van der Waals surface area contributed by atoms with Crippen molar-refractivity contribution < 1.29 is 13.2 Å². The van der Waals surface area contributed by atoms with Crippen molar-refractivity contribution in [3.8, 4) is 0 Å². The number of carbonyl (C=O) groups excluding carboxylic acids is 1. The first-order valence-corrected chi connectivity index (χ1v) is 6.29. The Labute approximate surface area is 101 Å². The van der Waals surface area contributed by atoms with Gasteiger partial charge in [-0.2, -0.15) is 12.7 Å². The third-order valence-corrected chi connectivity index (χ3v) is 3.90. The summed E-state index contributed by atoms with van der Waals surface area (Å²) in [5, 5.41) is 0. The highest BCUT2D eigenvalue weighted by Crippen LogP contribution is 2.18. The maximum atomic E-state index is 12.0. The summed E-state index contributed by atoms with van der Waals surface area (Å²) in [5.41, 5.74) is 5.47. The van der Waals surface area contributed by atoms with Crippen LogP contribution in [0, 0.1) is 0 Å². The van der Waals surface area contributed by atoms with Gasteiger partial charge in [0, 0.05) is 14.1 Å². The van der Waals surface area contributed by atoms with Crippen LogP contribution in [0.1, 0.15) is 0 Å². The van der Waals surface area contributed by atoms with E-state index in [0.29, 0.717) is 5.69 Å². The van der Waals surface area contributed by atoms with Crippen LogP contribution in [0.5, 0.6) is 0 Å². The molecule has 0 aliphatic heterocycles. The molecule has 0 atom stereocenters. The number of benzene rings is 1. The number of nitrogens with zero attached hydrogens (tertiary/aromatic N) is 2. The smallest absolute Gasteiger partial charge is 0.304 e. The lowest BCUT2D eigenvalue weighted by Crippen LogP contribution is -2.44. The van der Waals surface area contributed by atoms with Crippen molar-refractivity contribution in [1.82, 2.24) is 4.31 Å². The largest absolute Gasteiger partial charge is 0.368 e. The summed E-state index contributed by atoms with van der Waals surface area (Å²) in [6.45, 7) is -0.384. The van der Waals surface area contributed by atoms with E-state index < -0.39 is 16.1 Å². The van der Waals surface area contributed by atoms with Crippen LogP contribution in [0.15, 0.2) is 30.3 Å². The van der Waals surface area contributed by atoms with Crippen LogP contribution in [-0.2, 0) is 15.0 Å². The molecule has 7 heteroatoms. The fraction of sp³-hybridized carbons (Fsp3) is 0.300. The van der Waals surface area contributed by atoms with Crippen LogP contribution in [0.2, 0.25) is 0 Å². The molecule has 17 heavy (non-hydrogen) atoms. The van der Waals surface area contributed by atoms with Crippen LogP contribution in [0.4, 0.5) is 5.69 Å². The SMILES string of the molecule is CN(C)S(=O)(=O)N(CC(N)=O)c1ccccc1. The zero-order valence-electron chi connectivity index (χ0n) is 9.70. The minimum absolute atomic E-state index is 0.384. The van der Waals surface area contributed by atoms with Crippen molar-refractivity contribution >= 4 is 21.8 Å². The average Bonchev–Trinajstić information content (AvgIpc) is 2.26. The van der Waals surface area contributed by atoms with E-state index in [0.717, 1.165) is 8.61 Å². The summed E-state index contributed by atoms with van der Waals surface area (Å²) in [7, 11) is -0.931. The van der Waals surface area contributed by atoms with Crippen molar-refractivity contribution in [3.05, 3.63) is 30.3 Å². The van der Waals surface area contributed by atoms with Gasteiger partial charge < -0.3 is 5.73 Å². The molecule has 0 aliphatic rings. The predicted molar refractivity (Wildman–Crippen MR) is 65.6 cm³/mol. The van der Waals surface area contributed by atoms with Crippen LogP contribution in [0.3, 0.4) is 0 Å². The first-order chi connectivity index (χ1) is 7.85. The number of hydrogen-bond donors (Lipinski definition) is 1. The molecule has 1 aromatic carbocycles. The Balaban J connectivity index is 3.19. The quantitative estimate of drug-likeness (QED) is 0.791. The van der Waals surface area contributed by atoms with Crippen molar-refractivity contribution in [1.29, 1.82) is 0 Å². The third kappa shape index (κ3) is 3.18. The molecule has 1 amide bonds. The molecule has 0 fully saturated rings. The van der Waals surface area contributed by atoms with Crippen LogP contribution >= 0.6 is 0 Å². The summed E-state index contributed by atoms with van der Waals surface area (Å²) in [5.74, 6) is -0.709. The van der Waals surface area contributed by atoms with Gasteiger partial charge in [0.05, 0.1) is 5.69 Å². The maximum absolute atomic E-state index is 12.0. The predicted octanol–water partition coefficient (Wildman–Crippen LogP) is -0.215. The lowest BCUT2D eigenvalue weighted by Gasteiger charge is -2.26. The molecule has 0 aromatic heterocycles. The third-order valence-electron chi connectivity index (χ3n) is 2.08. The topological polar surface area (TPSA) is 83.7 Å². The van der Waals surface area contributed by atoms with Crippen LogP contribution in [-0.4, -0.2) is 39.3 Å². The van der Waals surface area contributed by atoms with Crippen molar-refractivity contribution in [2.75, 3.05) is 24.9 Å². The maximum Gasteiger partial charge on any atom is 0.304 e. The molecule has 1 aromatic rings. The number of amides is 1. The molecule has 0 spiro atoms. The van der Waals surface area contributed by atoms with E-state index in [4.69, 9.17) is 5.73 Å². The normalized spacial score (nSPS) is 11.5. The van der Waals surface area contributed by atoms with Gasteiger partial charge in [0.1, 0.15) is 6.54 Å². The molecule has 0 heterocycles. The van der Waals surface area contributed by atoms with Gasteiger partial charge in [-0.3, -0.25) is 4.79 Å². The Bertz CT molecular complexity index is 485. The summed E-state index contributed by atoms with van der Waals surface area (Å²) in [6.07, 6.45) is 0. The zero-order chi connectivity index (χ0) is 13.1. The Morgan fingerprint density at radius 3 is 2.18 bits per heavy atom. The second-order valence-corrected chi connectivity index (χ2v) is 5.67. The fourth-order valence-corrected chi connectivity index (χ4v) is 2.31. The Morgan fingerprint density at radius 1 is 1.24 bits per heavy atom. The van der Waals surface area contributed by atoms with Crippen LogP contribution in [0.25, 0.3) is 0 Å². The molecule has 0 bridgehead atoms. The minimum atomic E-state index is -3.72. The lowest BCUT2D eigenvalue weighted by atomic mass is 10.3. The number of hydrogen-bond acceptors (Lipinski definition) is 3. The van der Waals surface area contributed by atoms with Gasteiger partial charge in [-0.25, -0.2) is 4.31 Å². The first kappa shape index (κ1) is 13.5. The number of carbonyl (C=O) groups is 1. The van der Waals surface area contributed by atoms with Gasteiger partial charge >= 0.3 is 10.2 Å². The van der Waals surface area contributed by atoms with Gasteiger partial charge in [-0.05, 0) is 12.1 Å². The van der Waals surface area contributed by atoms with Gasteiger partial charge in [0.15, 0.2) is 0 Å². The molecular formula is C10H15N3O3S. The summed E-state index contributed by atoms with van der Waals surface area (Å²) in [4.78, 5) is 10.9. The average molecular weight is 257 g/mol. The van der Waals surface area contributed by atoms with Gasteiger partial charge in [0.2, 0.25) is 5.91 Å². The monoisotopic (exact) mass is 257 g/mol. The summed E-state index contributed by atoms with van der Waals surface area (Å²) in [6, 6.07) is 8.34. The lowest BCUT2D eigenvalue weighted by molar-refractivity contribution is -0.116. The highest BCUT2D eigenvalue weighted by atomic mass is 32.2. The van der Waals surface area contributed by atoms with Gasteiger partial charge in [-0.1, -0.05) is 18.2 Å². The second-order valence-electron chi connectivity index (χ2n) is 3.60. The highest BCUT2D eigenvalue weighted by Gasteiger charge is 2.26. The van der Waals surface area contributed by atoms with Crippen molar-refractivity contribution in [2.45, 2.75) is 0 Å². The second kappa shape index (κ2) is 5.15. The fourth-order valence-electron chi connectivity index (χ4n) is 1.24. The molecule has 0 saturated carbocycles. The van der Waals surface area contributed by atoms with E-state index in [1.165, 1.54) is 14.1 Å². The first-order valence-electron chi connectivity index (χ1n) is 4.89. The van der Waals surface area contributed by atoms with E-state index in [9.17, 15) is 13.2 Å². The number of rotatable bonds is 5. The molecule has 2 N–H and O–H groups in total. The molecule has 0 unspecified atom stereocenters. The van der Waals surface area contributed by atoms with E-state index in [1.807, 2.05) is 0 Å². The number of nitrogens with two attached hydrogens (primary N) is 1. The molecule has 0 radical (unpaired) electrons. The highest BCUT2D eigenvalue weighted by molar-refractivity contribution is 7.90. The summed E-state index contributed by atoms with van der Waals surface area (Å²) < 4.78 is 26.0. The van der Waals surface area contributed by atoms with E-state index in [-0.39, 0.29) is 6.54 Å². The molecule has 94 valence electrons. The van der Waals surface area contributed by atoms with Crippen molar-refractivity contribution in [3.63, 3.8) is 0 Å². The zero-order valence-corrected chi connectivity index (χ0v) is 10.5. The van der Waals surface area contributed by atoms with E-state index in [1.54, 1.807) is 30.3 Å². The molecule has 0 aliphatic carbocycles. The van der Waals surface area contributed by atoms with Gasteiger partial charge in [-0.15, -0.1) is 0 Å². The molecular weight excluding hydrogens is 242 g/mol. The van der Waals surface area contributed by atoms with Gasteiger partial charge in [0.25, 0.3) is 0 Å². The number of primary amides is 1. The molecule has 6 nitrogen and oxygen atoms in total. The Morgan fingerprint density at radius 2 is 1.76 bits per heavy atom. The molecule has 0 saturated heterocycles. The minimum Gasteiger partial charge on any atom is -0.368 e. The van der Waals surface area contributed by atoms with Crippen molar-refractivity contribution in [2.24, 2.45) is 5.73 Å².